The van der Waals surface area contributed by atoms with E-state index in [-0.39, 0.29) is 0 Å². The summed E-state index contributed by atoms with van der Waals surface area (Å²) in [5, 5.41) is 15.5. The third-order valence-corrected chi connectivity index (χ3v) is 8.84. The highest BCUT2D eigenvalue weighted by molar-refractivity contribution is 7.99. The molecular formula is C32H29ClN6O2S. The fourth-order valence-corrected chi connectivity index (χ4v) is 6.10. The fourth-order valence-electron chi connectivity index (χ4n) is 4.99. The Morgan fingerprint density at radius 3 is 2.60 bits per heavy atom. The van der Waals surface area contributed by atoms with Gasteiger partial charge < -0.3 is 19.4 Å². The van der Waals surface area contributed by atoms with Gasteiger partial charge in [-0.2, -0.15) is 5.26 Å². The number of halogens is 1. The Morgan fingerprint density at radius 1 is 1.10 bits per heavy atom. The number of benzene rings is 3. The molecule has 2 aromatic heterocycles. The summed E-state index contributed by atoms with van der Waals surface area (Å²) < 4.78 is 13.3. The largest absolute Gasteiger partial charge is 0.496 e. The smallest absolute Gasteiger partial charge is 0.172 e. The van der Waals surface area contributed by atoms with E-state index >= 15 is 0 Å². The molecule has 0 bridgehead atoms. The van der Waals surface area contributed by atoms with Crippen LogP contribution in [0.1, 0.15) is 11.1 Å². The highest BCUT2D eigenvalue weighted by Gasteiger charge is 2.17. The Bertz CT molecular complexity index is 1780. The van der Waals surface area contributed by atoms with Crippen LogP contribution in [0.3, 0.4) is 0 Å². The van der Waals surface area contributed by atoms with Crippen LogP contribution in [0.15, 0.2) is 83.2 Å². The zero-order chi connectivity index (χ0) is 29.1. The van der Waals surface area contributed by atoms with Gasteiger partial charge in [0.1, 0.15) is 11.8 Å². The first-order valence-corrected chi connectivity index (χ1v) is 14.7. The summed E-state index contributed by atoms with van der Waals surface area (Å²) in [6, 6.07) is 20.5. The van der Waals surface area contributed by atoms with Gasteiger partial charge in [0.05, 0.1) is 42.1 Å². The van der Waals surface area contributed by atoms with Gasteiger partial charge in [-0.3, -0.25) is 9.88 Å². The second kappa shape index (κ2) is 12.4. The van der Waals surface area contributed by atoms with Crippen LogP contribution in [0, 0.1) is 11.3 Å². The number of hydrogen-bond donors (Lipinski definition) is 1. The van der Waals surface area contributed by atoms with Gasteiger partial charge in [0.2, 0.25) is 0 Å². The van der Waals surface area contributed by atoms with E-state index in [1.807, 2.05) is 48.1 Å². The van der Waals surface area contributed by atoms with E-state index in [1.54, 1.807) is 19.5 Å². The van der Waals surface area contributed by atoms with Gasteiger partial charge in [0, 0.05) is 66.8 Å². The number of nitrogens with one attached hydrogen (secondary N) is 1. The third-order valence-electron chi connectivity index (χ3n) is 7.26. The van der Waals surface area contributed by atoms with Crippen LogP contribution in [0.25, 0.3) is 22.0 Å². The molecule has 0 spiro atoms. The molecule has 0 radical (unpaired) electrons. The van der Waals surface area contributed by atoms with E-state index in [1.165, 1.54) is 17.3 Å². The van der Waals surface area contributed by atoms with Gasteiger partial charge in [-0.25, -0.2) is 4.98 Å². The second-order valence-electron chi connectivity index (χ2n) is 10.0. The molecule has 1 saturated heterocycles. The highest BCUT2D eigenvalue weighted by Crippen LogP contribution is 2.39. The first-order valence-electron chi connectivity index (χ1n) is 13.5. The predicted octanol–water partition coefficient (Wildman–Crippen LogP) is 6.90. The van der Waals surface area contributed by atoms with Gasteiger partial charge in [0.25, 0.3) is 0 Å². The molecule has 0 aliphatic carbocycles. The second-order valence-corrected chi connectivity index (χ2v) is 11.4. The minimum absolute atomic E-state index is 0.423. The fraction of sp³-hybridized carbons (Fsp3) is 0.219. The summed E-state index contributed by atoms with van der Waals surface area (Å²) >= 11 is 8.15. The molecule has 8 nitrogen and oxygen atoms in total. The molecule has 1 aliphatic heterocycles. The van der Waals surface area contributed by atoms with E-state index in [9.17, 15) is 5.26 Å². The Kier molecular flexibility index (Phi) is 8.31. The first-order chi connectivity index (χ1) is 20.5. The highest BCUT2D eigenvalue weighted by atomic mass is 35.5. The number of ether oxygens (including phenoxy) is 2. The number of nitrogens with zero attached hydrogens (tertiary/aromatic N) is 5. The van der Waals surface area contributed by atoms with Crippen LogP contribution >= 0.6 is 23.4 Å². The Hall–Kier alpha value is -4.07. The zero-order valence-electron chi connectivity index (χ0n) is 23.3. The lowest BCUT2D eigenvalue weighted by Gasteiger charge is -2.26. The number of fused-ring (bicyclic) bond motifs is 1. The molecule has 212 valence electrons. The summed E-state index contributed by atoms with van der Waals surface area (Å²) in [7, 11) is 3.60. The van der Waals surface area contributed by atoms with Gasteiger partial charge >= 0.3 is 0 Å². The van der Waals surface area contributed by atoms with Crippen LogP contribution in [0.5, 0.6) is 5.75 Å². The lowest BCUT2D eigenvalue weighted by atomic mass is 9.99. The van der Waals surface area contributed by atoms with Crippen LogP contribution in [0.2, 0.25) is 5.02 Å². The van der Waals surface area contributed by atoms with E-state index in [2.05, 4.69) is 50.5 Å². The molecule has 0 unspecified atom stereocenters. The molecule has 1 fully saturated rings. The third kappa shape index (κ3) is 5.94. The number of hydrogen-bond acceptors (Lipinski definition) is 8. The number of morpholine rings is 1. The lowest BCUT2D eigenvalue weighted by molar-refractivity contribution is 0.0342. The quantitative estimate of drug-likeness (QED) is 0.207. The Balaban J connectivity index is 1.30. The number of nitriles is 1. The summed E-state index contributed by atoms with van der Waals surface area (Å²) in [5.74, 6) is 0.697. The molecule has 3 heterocycles. The Morgan fingerprint density at radius 2 is 1.90 bits per heavy atom. The zero-order valence-corrected chi connectivity index (χ0v) is 24.9. The normalized spacial score (nSPS) is 13.7. The standard InChI is InChI=1S/C32H29ClN6O2S/c1-38-10-9-35-32(38)42-30-8-7-24(15-27(30)33)37-31-23(18-34)19-36-28-16-25(29(40-2)17-26(28)31)22-5-3-21(4-6-22)20-39-11-13-41-14-12-39/h3-10,15-17,19H,11-14,20H2,1-2H3,(H,36,37). The van der Waals surface area contributed by atoms with Gasteiger partial charge in [-0.1, -0.05) is 47.6 Å². The van der Waals surface area contributed by atoms with Crippen molar-refractivity contribution in [3.05, 3.63) is 89.3 Å². The molecule has 1 N–H and O–H groups in total. The molecule has 0 atom stereocenters. The van der Waals surface area contributed by atoms with Crippen molar-refractivity contribution in [1.82, 2.24) is 19.4 Å². The van der Waals surface area contributed by atoms with Crippen LogP contribution in [-0.2, 0) is 18.3 Å². The number of anilines is 2. The van der Waals surface area contributed by atoms with Crippen molar-refractivity contribution < 1.29 is 9.47 Å². The number of pyridine rings is 1. The van der Waals surface area contributed by atoms with Crippen molar-refractivity contribution in [2.45, 2.75) is 16.6 Å². The van der Waals surface area contributed by atoms with Crippen molar-refractivity contribution in [3.8, 4) is 22.9 Å². The summed E-state index contributed by atoms with van der Waals surface area (Å²) in [5.41, 5.74) is 5.80. The van der Waals surface area contributed by atoms with E-state index < -0.39 is 0 Å². The number of aromatic nitrogens is 3. The van der Waals surface area contributed by atoms with Crippen molar-refractivity contribution in [1.29, 1.82) is 5.26 Å². The number of imidazole rings is 1. The summed E-state index contributed by atoms with van der Waals surface area (Å²) in [6.45, 7) is 4.37. The number of methoxy groups -OCH3 is 1. The maximum absolute atomic E-state index is 9.92. The van der Waals surface area contributed by atoms with Gasteiger partial charge in [-0.05, 0) is 41.5 Å². The van der Waals surface area contributed by atoms with Gasteiger partial charge in [0.15, 0.2) is 5.16 Å². The Labute approximate surface area is 253 Å². The van der Waals surface area contributed by atoms with Gasteiger partial charge in [-0.15, -0.1) is 0 Å². The van der Waals surface area contributed by atoms with Crippen molar-refractivity contribution in [3.63, 3.8) is 0 Å². The van der Waals surface area contributed by atoms with Crippen LogP contribution in [-0.4, -0.2) is 52.8 Å². The number of aryl methyl sites for hydroxylation is 1. The minimum atomic E-state index is 0.423. The monoisotopic (exact) mass is 596 g/mol. The van der Waals surface area contributed by atoms with Crippen molar-refractivity contribution in [2.24, 2.45) is 7.05 Å². The molecular weight excluding hydrogens is 568 g/mol. The minimum Gasteiger partial charge on any atom is -0.496 e. The SMILES string of the molecule is COc1cc2c(Nc3ccc(Sc4nccn4C)c(Cl)c3)c(C#N)cnc2cc1-c1ccc(CN2CCOCC2)cc1. The molecule has 0 saturated carbocycles. The molecule has 0 amide bonds. The molecule has 5 aromatic rings. The summed E-state index contributed by atoms with van der Waals surface area (Å²) in [4.78, 5) is 12.3. The topological polar surface area (TPSA) is 88.2 Å². The first kappa shape index (κ1) is 28.1. The molecule has 10 heteroatoms. The molecule has 3 aromatic carbocycles. The molecule has 6 rings (SSSR count). The van der Waals surface area contributed by atoms with E-state index in [0.29, 0.717) is 22.0 Å². The summed E-state index contributed by atoms with van der Waals surface area (Å²) in [6.07, 6.45) is 5.25. The lowest BCUT2D eigenvalue weighted by Crippen LogP contribution is -2.35. The molecule has 1 aliphatic rings. The van der Waals surface area contributed by atoms with Crippen molar-refractivity contribution >= 4 is 45.6 Å². The van der Waals surface area contributed by atoms with Crippen molar-refractivity contribution in [2.75, 3.05) is 38.7 Å². The number of rotatable bonds is 8. The maximum Gasteiger partial charge on any atom is 0.172 e. The molecule has 42 heavy (non-hydrogen) atoms. The van der Waals surface area contributed by atoms with E-state index in [0.717, 1.165) is 70.6 Å². The predicted molar refractivity (Wildman–Crippen MR) is 167 cm³/mol. The van der Waals surface area contributed by atoms with E-state index in [4.69, 9.17) is 21.1 Å². The average molecular weight is 597 g/mol. The maximum atomic E-state index is 9.92. The average Bonchev–Trinajstić information content (AvgIpc) is 3.42. The van der Waals surface area contributed by atoms with Crippen LogP contribution < -0.4 is 10.1 Å². The van der Waals surface area contributed by atoms with Crippen LogP contribution in [0.4, 0.5) is 11.4 Å².